The van der Waals surface area contributed by atoms with E-state index < -0.39 is 18.0 Å². The van der Waals surface area contributed by atoms with Crippen molar-refractivity contribution < 1.29 is 19.2 Å². The van der Waals surface area contributed by atoms with E-state index in [1.807, 2.05) is 60.7 Å². The summed E-state index contributed by atoms with van der Waals surface area (Å²) >= 11 is 0. The molecule has 2 fully saturated rings. The second kappa shape index (κ2) is 14.6. The summed E-state index contributed by atoms with van der Waals surface area (Å²) in [4.78, 5) is 57.6. The lowest BCUT2D eigenvalue weighted by atomic mass is 9.90. The zero-order valence-electron chi connectivity index (χ0n) is 24.3. The van der Waals surface area contributed by atoms with Gasteiger partial charge in [0.15, 0.2) is 11.7 Å². The number of carbonyl (C=O) groups is 4. The molecule has 0 radical (unpaired) electrons. The summed E-state index contributed by atoms with van der Waals surface area (Å²) in [5.41, 5.74) is 7.74. The number of Topliss-reactive ketones (excluding diaryl/α,β-unsaturated/α-hetero) is 1. The van der Waals surface area contributed by atoms with Gasteiger partial charge in [-0.15, -0.1) is 0 Å². The monoisotopic (exact) mass is 574 g/mol. The molecule has 2 aromatic carbocycles. The zero-order valence-corrected chi connectivity index (χ0v) is 24.3. The molecular formula is C32H42N6O4. The Morgan fingerprint density at radius 1 is 1.05 bits per heavy atom. The number of carbonyl (C=O) groups excluding carboxylic acids is 4. The summed E-state index contributed by atoms with van der Waals surface area (Å²) in [6, 6.07) is 18.0. The van der Waals surface area contributed by atoms with Gasteiger partial charge >= 0.3 is 0 Å². The van der Waals surface area contributed by atoms with Crippen molar-refractivity contribution in [1.29, 1.82) is 5.41 Å². The Labute approximate surface area is 247 Å². The number of guanidine groups is 1. The lowest BCUT2D eigenvalue weighted by Gasteiger charge is -2.40. The van der Waals surface area contributed by atoms with Crippen LogP contribution >= 0.6 is 0 Å². The van der Waals surface area contributed by atoms with E-state index in [0.29, 0.717) is 32.5 Å². The maximum atomic E-state index is 13.7. The predicted octanol–water partition coefficient (Wildman–Crippen LogP) is 1.97. The normalized spacial score (nSPS) is 19.9. The van der Waals surface area contributed by atoms with Crippen molar-refractivity contribution >= 4 is 29.5 Å². The summed E-state index contributed by atoms with van der Waals surface area (Å²) < 4.78 is 0. The number of piperazine rings is 1. The molecule has 2 aliphatic rings. The largest absolute Gasteiger partial charge is 0.370 e. The standard InChI is InChI=1S/C32H42N6O4/c1-23(39)27(18-26-15-9-17-37(20-26)32(33)34)35-29(40)21-38-28(19-25-12-6-3-7-13-25)31(42)36(22-30(38)41)16-8-14-24-10-4-2-5-11-24/h2-7,10-13,26-28H,8-9,14-22H2,1H3,(H3,33,34)(H,35,40)/t26?,27?,28-/m1/s1. The van der Waals surface area contributed by atoms with Crippen LogP contribution in [0.1, 0.15) is 43.7 Å². The molecule has 10 heteroatoms. The quantitative estimate of drug-likeness (QED) is 0.262. The van der Waals surface area contributed by atoms with Crippen molar-refractivity contribution in [2.75, 3.05) is 32.7 Å². The first kappa shape index (κ1) is 30.7. The van der Waals surface area contributed by atoms with Crippen molar-refractivity contribution in [1.82, 2.24) is 20.0 Å². The predicted molar refractivity (Wildman–Crippen MR) is 160 cm³/mol. The minimum atomic E-state index is -0.811. The fourth-order valence-electron chi connectivity index (χ4n) is 5.92. The van der Waals surface area contributed by atoms with Gasteiger partial charge in [0.05, 0.1) is 12.6 Å². The summed E-state index contributed by atoms with van der Waals surface area (Å²) in [5.74, 6) is -0.982. The first-order chi connectivity index (χ1) is 20.2. The number of ketones is 1. The van der Waals surface area contributed by atoms with Gasteiger partial charge in [-0.1, -0.05) is 60.7 Å². The highest BCUT2D eigenvalue weighted by Gasteiger charge is 2.40. The van der Waals surface area contributed by atoms with Gasteiger partial charge in [-0.25, -0.2) is 0 Å². The molecule has 42 heavy (non-hydrogen) atoms. The molecule has 3 amide bonds. The Hall–Kier alpha value is -4.21. The number of aryl methyl sites for hydroxylation is 1. The molecule has 0 bridgehead atoms. The van der Waals surface area contributed by atoms with Crippen LogP contribution in [-0.2, 0) is 32.0 Å². The van der Waals surface area contributed by atoms with E-state index >= 15 is 0 Å². The van der Waals surface area contributed by atoms with Crippen molar-refractivity contribution in [2.45, 2.75) is 57.5 Å². The fourth-order valence-corrected chi connectivity index (χ4v) is 5.92. The Bertz CT molecular complexity index is 1250. The van der Waals surface area contributed by atoms with Crippen LogP contribution in [0.5, 0.6) is 0 Å². The van der Waals surface area contributed by atoms with Crippen LogP contribution < -0.4 is 11.1 Å². The number of rotatable bonds is 12. The lowest BCUT2D eigenvalue weighted by molar-refractivity contribution is -0.157. The zero-order chi connectivity index (χ0) is 30.1. The summed E-state index contributed by atoms with van der Waals surface area (Å²) in [7, 11) is 0. The number of amides is 3. The topological polar surface area (TPSA) is 140 Å². The second-order valence-corrected chi connectivity index (χ2v) is 11.4. The maximum Gasteiger partial charge on any atom is 0.246 e. The molecule has 4 N–H and O–H groups in total. The van der Waals surface area contributed by atoms with E-state index in [4.69, 9.17) is 11.1 Å². The molecule has 2 aliphatic heterocycles. The Morgan fingerprint density at radius 2 is 1.71 bits per heavy atom. The number of hydrogen-bond acceptors (Lipinski definition) is 5. The molecule has 0 aliphatic carbocycles. The van der Waals surface area contributed by atoms with E-state index in [-0.39, 0.29) is 42.6 Å². The number of nitrogens with two attached hydrogens (primary N) is 1. The Morgan fingerprint density at radius 3 is 2.36 bits per heavy atom. The average Bonchev–Trinajstić information content (AvgIpc) is 2.98. The van der Waals surface area contributed by atoms with Crippen LogP contribution in [0.25, 0.3) is 0 Å². The lowest BCUT2D eigenvalue weighted by Crippen LogP contribution is -2.62. The molecule has 2 saturated heterocycles. The first-order valence-corrected chi connectivity index (χ1v) is 14.8. The minimum Gasteiger partial charge on any atom is -0.370 e. The summed E-state index contributed by atoms with van der Waals surface area (Å²) in [6.07, 6.45) is 3.99. The highest BCUT2D eigenvalue weighted by atomic mass is 16.2. The van der Waals surface area contributed by atoms with Crippen LogP contribution in [0.2, 0.25) is 0 Å². The average molecular weight is 575 g/mol. The van der Waals surface area contributed by atoms with Crippen LogP contribution in [-0.4, -0.2) is 89.0 Å². The van der Waals surface area contributed by atoms with Crippen molar-refractivity contribution in [3.8, 4) is 0 Å². The van der Waals surface area contributed by atoms with E-state index in [1.54, 1.807) is 9.80 Å². The van der Waals surface area contributed by atoms with Gasteiger partial charge < -0.3 is 25.8 Å². The molecule has 3 atom stereocenters. The van der Waals surface area contributed by atoms with Crippen molar-refractivity contribution in [2.24, 2.45) is 11.7 Å². The smallest absolute Gasteiger partial charge is 0.246 e. The third-order valence-corrected chi connectivity index (χ3v) is 8.20. The molecule has 224 valence electrons. The summed E-state index contributed by atoms with van der Waals surface area (Å²) in [6.45, 7) is 2.79. The second-order valence-electron chi connectivity index (χ2n) is 11.4. The number of hydrogen-bond donors (Lipinski definition) is 3. The molecule has 4 rings (SSSR count). The molecule has 0 aromatic heterocycles. The van der Waals surface area contributed by atoms with Gasteiger partial charge in [0.2, 0.25) is 17.7 Å². The number of benzene rings is 2. The molecule has 2 aromatic rings. The van der Waals surface area contributed by atoms with E-state index in [1.165, 1.54) is 17.4 Å². The highest BCUT2D eigenvalue weighted by molar-refractivity contribution is 5.97. The van der Waals surface area contributed by atoms with Gasteiger partial charge in [0.1, 0.15) is 12.6 Å². The summed E-state index contributed by atoms with van der Waals surface area (Å²) in [5, 5.41) is 10.6. The molecular weight excluding hydrogens is 532 g/mol. The third kappa shape index (κ3) is 8.41. The SMILES string of the molecule is CC(=O)C(CC1CCCN(C(=N)N)C1)NC(=O)CN1C(=O)CN(CCCc2ccccc2)C(=O)[C@H]1Cc1ccccc1. The van der Waals surface area contributed by atoms with Crippen molar-refractivity contribution in [3.63, 3.8) is 0 Å². The van der Waals surface area contributed by atoms with Gasteiger partial charge in [0, 0.05) is 26.1 Å². The maximum absolute atomic E-state index is 13.7. The molecule has 2 unspecified atom stereocenters. The highest BCUT2D eigenvalue weighted by Crippen LogP contribution is 2.22. The Kier molecular flexibility index (Phi) is 10.7. The van der Waals surface area contributed by atoms with E-state index in [9.17, 15) is 19.2 Å². The van der Waals surface area contributed by atoms with Gasteiger partial charge in [-0.3, -0.25) is 24.6 Å². The van der Waals surface area contributed by atoms with Crippen molar-refractivity contribution in [3.05, 3.63) is 71.8 Å². The minimum absolute atomic E-state index is 0.00922. The molecule has 0 spiro atoms. The van der Waals surface area contributed by atoms with E-state index in [0.717, 1.165) is 31.2 Å². The molecule has 10 nitrogen and oxygen atoms in total. The van der Waals surface area contributed by atoms with Crippen LogP contribution in [0.4, 0.5) is 0 Å². The van der Waals surface area contributed by atoms with Gasteiger partial charge in [-0.2, -0.15) is 0 Å². The number of piperidine rings is 1. The fraction of sp³-hybridized carbons (Fsp3) is 0.469. The number of nitrogens with one attached hydrogen (secondary N) is 2. The van der Waals surface area contributed by atoms with E-state index in [2.05, 4.69) is 5.32 Å². The van der Waals surface area contributed by atoms with Crippen LogP contribution in [0.3, 0.4) is 0 Å². The number of nitrogens with zero attached hydrogens (tertiary/aromatic N) is 3. The van der Waals surface area contributed by atoms with Crippen LogP contribution in [0.15, 0.2) is 60.7 Å². The Balaban J connectivity index is 1.42. The number of likely N-dealkylation sites (tertiary alicyclic amines) is 1. The third-order valence-electron chi connectivity index (χ3n) is 8.20. The first-order valence-electron chi connectivity index (χ1n) is 14.8. The van der Waals surface area contributed by atoms with Gasteiger partial charge in [-0.05, 0) is 56.1 Å². The molecule has 2 heterocycles. The molecule has 0 saturated carbocycles. The van der Waals surface area contributed by atoms with Crippen LogP contribution in [0, 0.1) is 11.3 Å². The van der Waals surface area contributed by atoms with Gasteiger partial charge in [0.25, 0.3) is 0 Å².